The summed E-state index contributed by atoms with van der Waals surface area (Å²) in [6.07, 6.45) is 10.1. The van der Waals surface area contributed by atoms with Gasteiger partial charge in [-0.2, -0.15) is 5.10 Å². The molecule has 4 bridgehead atoms. The third kappa shape index (κ3) is 2.14. The minimum Gasteiger partial charge on any atom is -0.330 e. The van der Waals surface area contributed by atoms with E-state index in [1.807, 2.05) is 0 Å². The Bertz CT molecular complexity index is 531. The summed E-state index contributed by atoms with van der Waals surface area (Å²) < 4.78 is 0. The molecule has 0 aliphatic heterocycles. The van der Waals surface area contributed by atoms with Gasteiger partial charge < -0.3 is 5.73 Å². The van der Waals surface area contributed by atoms with E-state index in [1.54, 1.807) is 0 Å². The number of H-pyrrole nitrogens is 1. The van der Waals surface area contributed by atoms with Crippen LogP contribution in [0.4, 0.5) is 0 Å². The van der Waals surface area contributed by atoms with Crippen molar-refractivity contribution in [3.63, 3.8) is 0 Å². The molecule has 2 unspecified atom stereocenters. The second kappa shape index (κ2) is 4.31. The Morgan fingerprint density at radius 2 is 1.86 bits per heavy atom. The molecule has 4 saturated carbocycles. The molecule has 116 valence electrons. The van der Waals surface area contributed by atoms with Crippen LogP contribution >= 0.6 is 0 Å². The van der Waals surface area contributed by atoms with E-state index in [0.29, 0.717) is 10.8 Å². The van der Waals surface area contributed by atoms with E-state index in [0.717, 1.165) is 37.0 Å². The normalized spacial score (nSPS) is 44.4. The Kier molecular flexibility index (Phi) is 2.82. The highest BCUT2D eigenvalue weighted by atomic mass is 15.2. The van der Waals surface area contributed by atoms with Crippen LogP contribution in [-0.4, -0.2) is 21.7 Å². The monoisotopic (exact) mass is 288 g/mol. The lowest BCUT2D eigenvalue weighted by Gasteiger charge is -2.64. The van der Waals surface area contributed by atoms with Gasteiger partial charge in [-0.3, -0.25) is 5.10 Å². The quantitative estimate of drug-likeness (QED) is 0.895. The van der Waals surface area contributed by atoms with Crippen LogP contribution in [0.1, 0.15) is 70.4 Å². The molecule has 0 aromatic carbocycles. The van der Waals surface area contributed by atoms with Crippen molar-refractivity contribution in [1.82, 2.24) is 15.2 Å². The Labute approximate surface area is 127 Å². The van der Waals surface area contributed by atoms with Gasteiger partial charge in [-0.05, 0) is 68.2 Å². The Balaban J connectivity index is 1.66. The molecule has 0 radical (unpaired) electrons. The summed E-state index contributed by atoms with van der Waals surface area (Å²) >= 11 is 0. The summed E-state index contributed by atoms with van der Waals surface area (Å²) in [5, 5.41) is 7.82. The summed E-state index contributed by atoms with van der Waals surface area (Å²) in [6.45, 7) is 5.73. The second-order valence-corrected chi connectivity index (χ2v) is 8.91. The third-order valence-electron chi connectivity index (χ3n) is 6.25. The van der Waals surface area contributed by atoms with Crippen LogP contribution < -0.4 is 5.73 Å². The SMILES string of the molecule is CC12CC3CC(C)(C1)CC(c1n[nH]c(CCCN)n1)(C3)C2. The lowest BCUT2D eigenvalue weighted by atomic mass is 9.40. The molecule has 1 aromatic heterocycles. The number of aromatic amines is 1. The van der Waals surface area contributed by atoms with Gasteiger partial charge in [0.1, 0.15) is 5.82 Å². The molecular formula is C17H28N4. The molecule has 4 fully saturated rings. The van der Waals surface area contributed by atoms with Gasteiger partial charge in [0.15, 0.2) is 5.82 Å². The summed E-state index contributed by atoms with van der Waals surface area (Å²) in [4.78, 5) is 4.88. The van der Waals surface area contributed by atoms with Crippen LogP contribution in [0.2, 0.25) is 0 Å². The smallest absolute Gasteiger partial charge is 0.156 e. The molecule has 21 heavy (non-hydrogen) atoms. The first-order valence-electron chi connectivity index (χ1n) is 8.56. The molecule has 4 heteroatoms. The molecular weight excluding hydrogens is 260 g/mol. The average Bonchev–Trinajstić information content (AvgIpc) is 2.81. The molecule has 3 N–H and O–H groups in total. The highest BCUT2D eigenvalue weighted by Gasteiger charge is 2.61. The number of hydrogen-bond donors (Lipinski definition) is 2. The fourth-order valence-electron chi connectivity index (χ4n) is 6.61. The number of nitrogens with two attached hydrogens (primary N) is 1. The van der Waals surface area contributed by atoms with Crippen LogP contribution in [0.3, 0.4) is 0 Å². The van der Waals surface area contributed by atoms with Crippen molar-refractivity contribution < 1.29 is 0 Å². The molecule has 1 heterocycles. The Morgan fingerprint density at radius 1 is 1.14 bits per heavy atom. The zero-order valence-corrected chi connectivity index (χ0v) is 13.4. The van der Waals surface area contributed by atoms with Crippen LogP contribution in [0.25, 0.3) is 0 Å². The minimum atomic E-state index is 0.250. The number of aryl methyl sites for hydroxylation is 1. The van der Waals surface area contributed by atoms with Crippen LogP contribution in [0.15, 0.2) is 0 Å². The first-order valence-corrected chi connectivity index (χ1v) is 8.56. The Morgan fingerprint density at radius 3 is 2.48 bits per heavy atom. The number of aromatic nitrogens is 3. The zero-order chi connectivity index (χ0) is 14.7. The lowest BCUT2D eigenvalue weighted by Crippen LogP contribution is -2.57. The van der Waals surface area contributed by atoms with Crippen molar-refractivity contribution in [1.29, 1.82) is 0 Å². The lowest BCUT2D eigenvalue weighted by molar-refractivity contribution is -0.112. The molecule has 1 aromatic rings. The van der Waals surface area contributed by atoms with Gasteiger partial charge in [-0.25, -0.2) is 4.98 Å². The second-order valence-electron chi connectivity index (χ2n) is 8.91. The predicted octanol–water partition coefficient (Wildman–Crippen LogP) is 2.94. The summed E-state index contributed by atoms with van der Waals surface area (Å²) in [7, 11) is 0. The van der Waals surface area contributed by atoms with Gasteiger partial charge in [-0.1, -0.05) is 13.8 Å². The van der Waals surface area contributed by atoms with Crippen molar-refractivity contribution >= 4 is 0 Å². The van der Waals surface area contributed by atoms with E-state index in [9.17, 15) is 0 Å². The van der Waals surface area contributed by atoms with Gasteiger partial charge in [0, 0.05) is 11.8 Å². The van der Waals surface area contributed by atoms with Crippen molar-refractivity contribution in [3.8, 4) is 0 Å². The zero-order valence-electron chi connectivity index (χ0n) is 13.4. The molecule has 0 spiro atoms. The molecule has 0 amide bonds. The minimum absolute atomic E-state index is 0.250. The maximum absolute atomic E-state index is 5.60. The van der Waals surface area contributed by atoms with E-state index in [-0.39, 0.29) is 5.41 Å². The van der Waals surface area contributed by atoms with Gasteiger partial charge in [0.25, 0.3) is 0 Å². The van der Waals surface area contributed by atoms with Gasteiger partial charge in [0.05, 0.1) is 0 Å². The van der Waals surface area contributed by atoms with Gasteiger partial charge in [0.2, 0.25) is 0 Å². The van der Waals surface area contributed by atoms with Crippen molar-refractivity contribution in [2.75, 3.05) is 6.54 Å². The molecule has 4 aliphatic rings. The fraction of sp³-hybridized carbons (Fsp3) is 0.882. The average molecular weight is 288 g/mol. The molecule has 0 saturated heterocycles. The van der Waals surface area contributed by atoms with Crippen molar-refractivity contribution in [2.24, 2.45) is 22.5 Å². The number of nitrogens with zero attached hydrogens (tertiary/aromatic N) is 2. The first kappa shape index (κ1) is 13.7. The van der Waals surface area contributed by atoms with Crippen LogP contribution in [0.5, 0.6) is 0 Å². The molecule has 4 aliphatic carbocycles. The van der Waals surface area contributed by atoms with E-state index < -0.39 is 0 Å². The van der Waals surface area contributed by atoms with Crippen molar-refractivity contribution in [2.45, 2.75) is 70.6 Å². The number of nitrogens with one attached hydrogen (secondary N) is 1. The summed E-state index contributed by atoms with van der Waals surface area (Å²) in [5.41, 5.74) is 6.89. The number of hydrogen-bond acceptors (Lipinski definition) is 3. The summed E-state index contributed by atoms with van der Waals surface area (Å²) in [5.74, 6) is 3.03. The third-order valence-corrected chi connectivity index (χ3v) is 6.25. The predicted molar refractivity (Wildman–Crippen MR) is 82.8 cm³/mol. The molecule has 2 atom stereocenters. The topological polar surface area (TPSA) is 67.6 Å². The maximum atomic E-state index is 5.60. The first-order chi connectivity index (χ1) is 9.94. The van der Waals surface area contributed by atoms with Crippen LogP contribution in [0, 0.1) is 16.7 Å². The molecule has 4 nitrogen and oxygen atoms in total. The van der Waals surface area contributed by atoms with E-state index in [2.05, 4.69) is 24.0 Å². The van der Waals surface area contributed by atoms with Crippen LogP contribution in [-0.2, 0) is 11.8 Å². The highest BCUT2D eigenvalue weighted by molar-refractivity contribution is 5.21. The maximum Gasteiger partial charge on any atom is 0.156 e. The largest absolute Gasteiger partial charge is 0.330 e. The standard InChI is InChI=1S/C17H28N4/c1-15-6-12-7-16(2,9-15)11-17(8-12,10-15)14-19-13(20-21-14)4-3-5-18/h12H,3-11,18H2,1-2H3,(H,19,20,21). The summed E-state index contributed by atoms with van der Waals surface area (Å²) in [6, 6.07) is 0. The van der Waals surface area contributed by atoms with Gasteiger partial charge in [-0.15, -0.1) is 0 Å². The van der Waals surface area contributed by atoms with Crippen molar-refractivity contribution in [3.05, 3.63) is 11.6 Å². The molecule has 5 rings (SSSR count). The number of rotatable bonds is 4. The van der Waals surface area contributed by atoms with E-state index in [4.69, 9.17) is 10.7 Å². The van der Waals surface area contributed by atoms with E-state index >= 15 is 0 Å². The van der Waals surface area contributed by atoms with Gasteiger partial charge >= 0.3 is 0 Å². The highest BCUT2D eigenvalue weighted by Crippen LogP contribution is 2.69. The Hall–Kier alpha value is -0.900. The fourth-order valence-corrected chi connectivity index (χ4v) is 6.61. The van der Waals surface area contributed by atoms with E-state index in [1.165, 1.54) is 38.5 Å².